The monoisotopic (exact) mass is 722 g/mol. The molecule has 9 atom stereocenters. The molecule has 53 heavy (non-hydrogen) atoms. The molecule has 1 aliphatic heterocycles. The quantitative estimate of drug-likeness (QED) is 0.0731. The van der Waals surface area contributed by atoms with E-state index in [1.165, 1.54) is 16.7 Å². The third-order valence-corrected chi connectivity index (χ3v) is 13.7. The number of hydrogen-bond acceptors (Lipinski definition) is 7. The zero-order valence-corrected chi connectivity index (χ0v) is 32.3. The summed E-state index contributed by atoms with van der Waals surface area (Å²) in [7, 11) is 1.87. The van der Waals surface area contributed by atoms with E-state index < -0.39 is 27.9 Å². The van der Waals surface area contributed by atoms with Crippen molar-refractivity contribution in [3.63, 3.8) is 0 Å². The molecule has 6 N–H and O–H groups in total. The Morgan fingerprint density at radius 3 is 2.60 bits per heavy atom. The highest BCUT2D eigenvalue weighted by molar-refractivity contribution is 5.75. The minimum atomic E-state index is -1.50. The minimum Gasteiger partial charge on any atom is -0.396 e. The Balaban J connectivity index is 1.36. The van der Waals surface area contributed by atoms with Crippen LogP contribution in [0.15, 0.2) is 107 Å². The SMILES string of the molecule is C=C(C=CC=C(CO)C1CCC23C4C(=C(C)C=O)C(C=CC4(CCO)C=CC12O)CC3(O)CCNC)C1CC=C(C)CNC(C)Cc2cccc(c2)C1. The van der Waals surface area contributed by atoms with Gasteiger partial charge in [0.1, 0.15) is 6.29 Å². The van der Waals surface area contributed by atoms with Gasteiger partial charge in [0.2, 0.25) is 0 Å². The average molecular weight is 723 g/mol. The van der Waals surface area contributed by atoms with Crippen LogP contribution in [-0.2, 0) is 17.6 Å². The largest absolute Gasteiger partial charge is 0.396 e. The van der Waals surface area contributed by atoms with Gasteiger partial charge in [-0.2, -0.15) is 0 Å². The molecule has 9 unspecified atom stereocenters. The van der Waals surface area contributed by atoms with E-state index >= 15 is 0 Å². The number of fused-ring (bicyclic) bond motifs is 3. The van der Waals surface area contributed by atoms with Crippen molar-refractivity contribution >= 4 is 6.29 Å². The second-order valence-corrected chi connectivity index (χ2v) is 16.9. The second-order valence-electron chi connectivity index (χ2n) is 16.9. The molecule has 0 radical (unpaired) electrons. The van der Waals surface area contributed by atoms with Crippen LogP contribution in [0, 0.1) is 34.5 Å². The highest BCUT2D eigenvalue weighted by atomic mass is 16.3. The Bertz CT molecular complexity index is 1740. The van der Waals surface area contributed by atoms with Crippen molar-refractivity contribution in [3.8, 4) is 0 Å². The lowest BCUT2D eigenvalue weighted by molar-refractivity contribution is -0.233. The van der Waals surface area contributed by atoms with Crippen LogP contribution >= 0.6 is 0 Å². The number of benzene rings is 1. The molecule has 286 valence electrons. The van der Waals surface area contributed by atoms with Crippen LogP contribution in [0.1, 0.15) is 70.4 Å². The third kappa shape index (κ3) is 6.98. The van der Waals surface area contributed by atoms with Crippen molar-refractivity contribution in [1.82, 2.24) is 10.6 Å². The highest BCUT2D eigenvalue weighted by Gasteiger charge is 2.77. The van der Waals surface area contributed by atoms with Crippen LogP contribution < -0.4 is 10.6 Å². The number of nitrogens with one attached hydrogen (secondary N) is 2. The third-order valence-electron chi connectivity index (χ3n) is 13.7. The number of rotatable bonds is 11. The summed E-state index contributed by atoms with van der Waals surface area (Å²) < 4.78 is 0. The van der Waals surface area contributed by atoms with Gasteiger partial charge in [-0.05, 0) is 114 Å². The first-order chi connectivity index (χ1) is 25.4. The van der Waals surface area contributed by atoms with E-state index in [-0.39, 0.29) is 31.0 Å². The number of aliphatic hydroxyl groups is 4. The molecule has 6 rings (SSSR count). The molecule has 2 fully saturated rings. The number of aliphatic hydroxyl groups excluding tert-OH is 2. The van der Waals surface area contributed by atoms with Gasteiger partial charge in [-0.25, -0.2) is 0 Å². The summed E-state index contributed by atoms with van der Waals surface area (Å²) >= 11 is 0. The lowest BCUT2D eigenvalue weighted by atomic mass is 9.37. The summed E-state index contributed by atoms with van der Waals surface area (Å²) in [6.07, 6.45) is 22.4. The zero-order chi connectivity index (χ0) is 38.0. The predicted octanol–water partition coefficient (Wildman–Crippen LogP) is 5.88. The van der Waals surface area contributed by atoms with Gasteiger partial charge in [0.05, 0.1) is 17.8 Å². The molecule has 0 saturated heterocycles. The first-order valence-corrected chi connectivity index (χ1v) is 19.8. The first-order valence-electron chi connectivity index (χ1n) is 19.8. The molecule has 7 nitrogen and oxygen atoms in total. The normalized spacial score (nSPS) is 37.8. The lowest BCUT2D eigenvalue weighted by Crippen LogP contribution is -2.72. The molecule has 0 amide bonds. The Morgan fingerprint density at radius 1 is 1.11 bits per heavy atom. The van der Waals surface area contributed by atoms with Gasteiger partial charge in [-0.3, -0.25) is 4.79 Å². The van der Waals surface area contributed by atoms with Crippen LogP contribution in [0.25, 0.3) is 0 Å². The van der Waals surface area contributed by atoms with E-state index in [1.54, 1.807) is 0 Å². The second kappa shape index (κ2) is 15.9. The van der Waals surface area contributed by atoms with E-state index in [4.69, 9.17) is 0 Å². The molecule has 7 heteroatoms. The summed E-state index contributed by atoms with van der Waals surface area (Å²) in [4.78, 5) is 12.4. The molecule has 2 saturated carbocycles. The summed E-state index contributed by atoms with van der Waals surface area (Å²) in [6, 6.07) is 9.27. The molecule has 1 aromatic rings. The van der Waals surface area contributed by atoms with E-state index in [0.717, 1.165) is 43.2 Å². The van der Waals surface area contributed by atoms with Gasteiger partial charge in [0, 0.05) is 47.8 Å². The smallest absolute Gasteiger partial charge is 0.145 e. The fourth-order valence-electron chi connectivity index (χ4n) is 11.1. The average Bonchev–Trinajstić information content (AvgIpc) is 3.46. The number of aldehydes is 1. The van der Waals surface area contributed by atoms with Gasteiger partial charge in [0.15, 0.2) is 0 Å². The summed E-state index contributed by atoms with van der Waals surface area (Å²) in [5, 5.41) is 54.5. The Morgan fingerprint density at radius 2 is 1.89 bits per heavy atom. The Hall–Kier alpha value is -3.17. The number of hydrogen-bond donors (Lipinski definition) is 6. The summed E-state index contributed by atoms with van der Waals surface area (Å²) in [5.74, 6) is -0.789. The molecule has 1 aromatic carbocycles. The topological polar surface area (TPSA) is 122 Å². The van der Waals surface area contributed by atoms with Crippen LogP contribution in [0.4, 0.5) is 0 Å². The maximum atomic E-state index is 13.3. The van der Waals surface area contributed by atoms with Crippen molar-refractivity contribution in [1.29, 1.82) is 0 Å². The zero-order valence-electron chi connectivity index (χ0n) is 32.3. The van der Waals surface area contributed by atoms with Crippen LogP contribution in [0.2, 0.25) is 0 Å². The molecule has 5 aliphatic rings. The Kier molecular flexibility index (Phi) is 11.9. The number of carbonyl (C=O) groups excluding carboxylic acids is 1. The number of allylic oxidation sites excluding steroid dienone is 10. The van der Waals surface area contributed by atoms with Gasteiger partial charge in [-0.15, -0.1) is 0 Å². The Labute approximate surface area is 317 Å². The number of carbonyl (C=O) groups is 1. The summed E-state index contributed by atoms with van der Waals surface area (Å²) in [5.41, 5.74) is 2.78. The van der Waals surface area contributed by atoms with E-state index in [9.17, 15) is 25.2 Å². The summed E-state index contributed by atoms with van der Waals surface area (Å²) in [6.45, 7) is 11.9. The van der Waals surface area contributed by atoms with E-state index in [0.29, 0.717) is 55.8 Å². The van der Waals surface area contributed by atoms with Crippen molar-refractivity contribution in [3.05, 3.63) is 118 Å². The molecule has 1 spiro atoms. The minimum absolute atomic E-state index is 0.0650. The van der Waals surface area contributed by atoms with Gasteiger partial charge in [-0.1, -0.05) is 96.2 Å². The fraction of sp³-hybridized carbons (Fsp3) is 0.543. The van der Waals surface area contributed by atoms with E-state index in [1.807, 2.05) is 44.4 Å². The molecular weight excluding hydrogens is 661 g/mol. The highest BCUT2D eigenvalue weighted by Crippen LogP contribution is 2.75. The van der Waals surface area contributed by atoms with Crippen molar-refractivity contribution < 1.29 is 25.2 Å². The van der Waals surface area contributed by atoms with Gasteiger partial charge < -0.3 is 31.1 Å². The van der Waals surface area contributed by atoms with Gasteiger partial charge >= 0.3 is 0 Å². The molecule has 4 aliphatic carbocycles. The molecule has 0 aromatic heterocycles. The van der Waals surface area contributed by atoms with Crippen molar-refractivity contribution in [2.75, 3.05) is 33.4 Å². The predicted molar refractivity (Wildman–Crippen MR) is 213 cm³/mol. The van der Waals surface area contributed by atoms with Crippen LogP contribution in [0.3, 0.4) is 0 Å². The van der Waals surface area contributed by atoms with E-state index in [2.05, 4.69) is 73.6 Å². The molecule has 1 heterocycles. The maximum absolute atomic E-state index is 13.3. The molecular formula is C46H62N2O5. The standard InChI is InChI=1S/C46H62N2O5/c1-31-12-13-37(26-36-10-7-9-35(25-36)24-34(4)48-28-31)32(2)8-6-11-39(30-51)40-15-17-45-42-41(33(3)29-50)38(27-44(45,52)20-22-47-5)14-16-43(42,21-23-49)18-19-46(40,45)53/h6-12,14,16,18-19,25,29,34,37-38,40,42,47-49,51-53H,2,13,15,17,20-24,26-28,30H2,1,3-5H3. The fourth-order valence-corrected chi connectivity index (χ4v) is 11.1. The van der Waals surface area contributed by atoms with Crippen molar-refractivity contribution in [2.24, 2.45) is 34.5 Å². The maximum Gasteiger partial charge on any atom is 0.145 e. The lowest BCUT2D eigenvalue weighted by Gasteiger charge is -2.68. The van der Waals surface area contributed by atoms with Crippen LogP contribution in [0.5, 0.6) is 0 Å². The van der Waals surface area contributed by atoms with Crippen LogP contribution in [-0.4, -0.2) is 77.3 Å². The first kappa shape index (κ1) is 39.5. The molecule has 4 bridgehead atoms. The van der Waals surface area contributed by atoms with Crippen molar-refractivity contribution in [2.45, 2.75) is 89.4 Å². The van der Waals surface area contributed by atoms with Gasteiger partial charge in [0.25, 0.3) is 0 Å².